The number of ether oxygens (including phenoxy) is 1. The molecule has 1 aliphatic heterocycles. The highest BCUT2D eigenvalue weighted by atomic mass is 16.5. The quantitative estimate of drug-likeness (QED) is 0.832. The van der Waals surface area contributed by atoms with Gasteiger partial charge in [0, 0.05) is 6.54 Å². The van der Waals surface area contributed by atoms with E-state index in [2.05, 4.69) is 5.32 Å². The third-order valence-electron chi connectivity index (χ3n) is 3.62. The summed E-state index contributed by atoms with van der Waals surface area (Å²) in [6, 6.07) is -0.171. The highest BCUT2D eigenvalue weighted by Gasteiger charge is 2.46. The summed E-state index contributed by atoms with van der Waals surface area (Å²) in [5.74, 6) is 0. The molecule has 0 aromatic rings. The number of nitrogens with one attached hydrogen (secondary N) is 1. The minimum absolute atomic E-state index is 0.0270. The predicted molar refractivity (Wildman–Crippen MR) is 79.7 cm³/mol. The number of hydrogen-bond acceptors (Lipinski definition) is 3. The van der Waals surface area contributed by atoms with Crippen molar-refractivity contribution in [2.24, 2.45) is 0 Å². The molecule has 0 aromatic carbocycles. The normalized spacial score (nSPS) is 24.5. The van der Waals surface area contributed by atoms with Crippen LogP contribution in [0.5, 0.6) is 0 Å². The average Bonchev–Trinajstić information content (AvgIpc) is 2.41. The van der Waals surface area contributed by atoms with E-state index in [1.54, 1.807) is 18.7 Å². The van der Waals surface area contributed by atoms with Crippen molar-refractivity contribution in [1.29, 1.82) is 0 Å². The van der Waals surface area contributed by atoms with Gasteiger partial charge in [0.15, 0.2) is 0 Å². The Hall–Kier alpha value is -0.810. The fraction of sp³-hybridized carbons (Fsp3) is 0.933. The van der Waals surface area contributed by atoms with Gasteiger partial charge in [0.05, 0.1) is 29.4 Å². The molecule has 0 aliphatic carbocycles. The van der Waals surface area contributed by atoms with Crippen molar-refractivity contribution in [3.63, 3.8) is 0 Å². The Labute approximate surface area is 122 Å². The zero-order valence-corrected chi connectivity index (χ0v) is 13.9. The van der Waals surface area contributed by atoms with Crippen LogP contribution in [0.15, 0.2) is 0 Å². The van der Waals surface area contributed by atoms with Gasteiger partial charge in [-0.15, -0.1) is 0 Å². The van der Waals surface area contributed by atoms with E-state index in [-0.39, 0.29) is 23.3 Å². The van der Waals surface area contributed by atoms with Gasteiger partial charge in [0.25, 0.3) is 0 Å². The molecule has 0 aromatic heterocycles. The Morgan fingerprint density at radius 3 is 2.30 bits per heavy atom. The summed E-state index contributed by atoms with van der Waals surface area (Å²) in [4.78, 5) is 14.0. The van der Waals surface area contributed by atoms with Crippen LogP contribution < -0.4 is 5.32 Å². The Morgan fingerprint density at radius 2 is 1.95 bits per heavy atom. The molecule has 20 heavy (non-hydrogen) atoms. The summed E-state index contributed by atoms with van der Waals surface area (Å²) < 4.78 is 5.98. The van der Waals surface area contributed by atoms with E-state index in [1.165, 1.54) is 0 Å². The number of rotatable bonds is 4. The van der Waals surface area contributed by atoms with Gasteiger partial charge in [0.1, 0.15) is 0 Å². The summed E-state index contributed by atoms with van der Waals surface area (Å²) in [6.45, 7) is 14.3. The zero-order chi connectivity index (χ0) is 15.8. The standard InChI is InChI=1S/C15H30N2O3/c1-8-17(10-13(2,3)19)12(18)16-11-9-14(4,5)20-15(11,6)7/h11,19H,8-10H2,1-7H3,(H,16,18). The van der Waals surface area contributed by atoms with Crippen molar-refractivity contribution in [2.75, 3.05) is 13.1 Å². The van der Waals surface area contributed by atoms with Gasteiger partial charge < -0.3 is 20.1 Å². The van der Waals surface area contributed by atoms with Crippen LogP contribution in [0, 0.1) is 0 Å². The zero-order valence-electron chi connectivity index (χ0n) is 13.9. The van der Waals surface area contributed by atoms with Crippen molar-refractivity contribution in [3.05, 3.63) is 0 Å². The lowest BCUT2D eigenvalue weighted by atomic mass is 9.94. The molecule has 2 N–H and O–H groups in total. The Morgan fingerprint density at radius 1 is 1.40 bits per heavy atom. The molecule has 1 saturated heterocycles. The number of nitrogens with zero attached hydrogens (tertiary/aromatic N) is 1. The summed E-state index contributed by atoms with van der Waals surface area (Å²) in [5.41, 5.74) is -1.50. The Kier molecular flexibility index (Phi) is 4.76. The highest BCUT2D eigenvalue weighted by Crippen LogP contribution is 2.37. The van der Waals surface area contributed by atoms with Gasteiger partial charge in [-0.3, -0.25) is 0 Å². The van der Waals surface area contributed by atoms with Crippen molar-refractivity contribution >= 4 is 6.03 Å². The first kappa shape index (κ1) is 17.2. The lowest BCUT2D eigenvalue weighted by Crippen LogP contribution is -2.53. The first-order valence-electron chi connectivity index (χ1n) is 7.34. The second kappa shape index (κ2) is 5.53. The van der Waals surface area contributed by atoms with E-state index in [1.807, 2.05) is 34.6 Å². The van der Waals surface area contributed by atoms with Crippen LogP contribution in [0.3, 0.4) is 0 Å². The van der Waals surface area contributed by atoms with Crippen LogP contribution in [0.2, 0.25) is 0 Å². The first-order valence-corrected chi connectivity index (χ1v) is 7.34. The molecule has 5 heteroatoms. The van der Waals surface area contributed by atoms with Gasteiger partial charge in [-0.25, -0.2) is 4.79 Å². The molecular weight excluding hydrogens is 256 g/mol. The molecule has 1 atom stereocenters. The van der Waals surface area contributed by atoms with Gasteiger partial charge in [-0.2, -0.15) is 0 Å². The first-order chi connectivity index (χ1) is 8.86. The molecule has 0 radical (unpaired) electrons. The number of carbonyl (C=O) groups excluding carboxylic acids is 1. The van der Waals surface area contributed by atoms with E-state index < -0.39 is 5.60 Å². The molecule has 1 unspecified atom stereocenters. The summed E-state index contributed by atoms with van der Waals surface area (Å²) in [7, 11) is 0. The molecular formula is C15H30N2O3. The molecule has 1 heterocycles. The number of carbonyl (C=O) groups is 1. The predicted octanol–water partition coefficient (Wildman–Crippen LogP) is 2.13. The minimum Gasteiger partial charge on any atom is -0.389 e. The smallest absolute Gasteiger partial charge is 0.317 e. The minimum atomic E-state index is -0.895. The molecule has 0 bridgehead atoms. The maximum Gasteiger partial charge on any atom is 0.317 e. The molecule has 1 fully saturated rings. The highest BCUT2D eigenvalue weighted by molar-refractivity contribution is 5.74. The summed E-state index contributed by atoms with van der Waals surface area (Å²) in [5, 5.41) is 12.9. The van der Waals surface area contributed by atoms with Crippen LogP contribution in [0.25, 0.3) is 0 Å². The monoisotopic (exact) mass is 286 g/mol. The van der Waals surface area contributed by atoms with Gasteiger partial charge in [0.2, 0.25) is 0 Å². The molecule has 0 spiro atoms. The lowest BCUT2D eigenvalue weighted by molar-refractivity contribution is -0.0693. The van der Waals surface area contributed by atoms with E-state index in [4.69, 9.17) is 4.74 Å². The van der Waals surface area contributed by atoms with Gasteiger partial charge >= 0.3 is 6.03 Å². The van der Waals surface area contributed by atoms with Crippen LogP contribution in [0.4, 0.5) is 4.79 Å². The van der Waals surface area contributed by atoms with E-state index in [0.29, 0.717) is 13.1 Å². The SMILES string of the molecule is CCN(CC(C)(C)O)C(=O)NC1CC(C)(C)OC1(C)C. The molecule has 1 rings (SSSR count). The fourth-order valence-corrected chi connectivity index (χ4v) is 2.82. The topological polar surface area (TPSA) is 61.8 Å². The van der Waals surface area contributed by atoms with Crippen LogP contribution in [-0.2, 0) is 4.74 Å². The number of urea groups is 1. The largest absolute Gasteiger partial charge is 0.389 e. The van der Waals surface area contributed by atoms with Crippen LogP contribution in [0.1, 0.15) is 54.9 Å². The van der Waals surface area contributed by atoms with Crippen molar-refractivity contribution in [2.45, 2.75) is 77.7 Å². The number of likely N-dealkylation sites (N-methyl/N-ethyl adjacent to an activating group) is 1. The Bertz CT molecular complexity index is 359. The maximum absolute atomic E-state index is 12.4. The van der Waals surface area contributed by atoms with E-state index in [9.17, 15) is 9.90 Å². The molecule has 2 amide bonds. The van der Waals surface area contributed by atoms with Crippen LogP contribution >= 0.6 is 0 Å². The van der Waals surface area contributed by atoms with Gasteiger partial charge in [-0.1, -0.05) is 0 Å². The number of aliphatic hydroxyl groups is 1. The molecule has 5 nitrogen and oxygen atoms in total. The van der Waals surface area contributed by atoms with Gasteiger partial charge in [-0.05, 0) is 54.9 Å². The lowest BCUT2D eigenvalue weighted by Gasteiger charge is -2.32. The van der Waals surface area contributed by atoms with E-state index >= 15 is 0 Å². The summed E-state index contributed by atoms with van der Waals surface area (Å²) in [6.07, 6.45) is 0.784. The molecule has 118 valence electrons. The fourth-order valence-electron chi connectivity index (χ4n) is 2.82. The van der Waals surface area contributed by atoms with Crippen molar-refractivity contribution in [3.8, 4) is 0 Å². The van der Waals surface area contributed by atoms with Crippen molar-refractivity contribution in [1.82, 2.24) is 10.2 Å². The molecule has 0 saturated carbocycles. The second-order valence-corrected chi connectivity index (χ2v) is 7.50. The number of hydrogen-bond donors (Lipinski definition) is 2. The third kappa shape index (κ3) is 4.63. The average molecular weight is 286 g/mol. The van der Waals surface area contributed by atoms with Crippen LogP contribution in [-0.4, -0.2) is 52.0 Å². The third-order valence-corrected chi connectivity index (χ3v) is 3.62. The summed E-state index contributed by atoms with van der Waals surface area (Å²) >= 11 is 0. The second-order valence-electron chi connectivity index (χ2n) is 7.50. The molecule has 1 aliphatic rings. The Balaban J connectivity index is 2.70. The maximum atomic E-state index is 12.4. The van der Waals surface area contributed by atoms with Crippen molar-refractivity contribution < 1.29 is 14.6 Å². The number of amides is 2. The van der Waals surface area contributed by atoms with E-state index in [0.717, 1.165) is 6.42 Å².